The Labute approximate surface area is 161 Å². The fraction of sp³-hybridized carbons (Fsp3) is 0.300. The number of fused-ring (bicyclic) bond motifs is 1. The SMILES string of the molecule is Cn1c(=O)[nH]c(=O)c2cc(C(=O)N3CCN(Cc4ccccc4)CC3)cnc21. The molecule has 1 aliphatic heterocycles. The molecular formula is C20H21N5O3. The van der Waals surface area contributed by atoms with E-state index >= 15 is 0 Å². The lowest BCUT2D eigenvalue weighted by Gasteiger charge is -2.34. The molecule has 0 spiro atoms. The smallest absolute Gasteiger partial charge is 0.329 e. The minimum absolute atomic E-state index is 0.151. The normalized spacial score (nSPS) is 15.1. The summed E-state index contributed by atoms with van der Waals surface area (Å²) in [6.45, 7) is 3.68. The average molecular weight is 379 g/mol. The highest BCUT2D eigenvalue weighted by molar-refractivity contribution is 5.96. The van der Waals surface area contributed by atoms with Crippen molar-refractivity contribution in [2.75, 3.05) is 26.2 Å². The molecule has 1 fully saturated rings. The molecule has 8 heteroatoms. The Kier molecular flexibility index (Phi) is 4.79. The first-order valence-electron chi connectivity index (χ1n) is 9.17. The number of rotatable bonds is 3. The van der Waals surface area contributed by atoms with Gasteiger partial charge in [-0.25, -0.2) is 9.78 Å². The predicted molar refractivity (Wildman–Crippen MR) is 105 cm³/mol. The zero-order chi connectivity index (χ0) is 19.7. The molecule has 0 atom stereocenters. The molecule has 0 radical (unpaired) electrons. The van der Waals surface area contributed by atoms with Crippen LogP contribution in [-0.2, 0) is 13.6 Å². The van der Waals surface area contributed by atoms with Crippen LogP contribution in [-0.4, -0.2) is 56.4 Å². The van der Waals surface area contributed by atoms with Gasteiger partial charge < -0.3 is 4.90 Å². The molecule has 2 aromatic heterocycles. The molecule has 144 valence electrons. The van der Waals surface area contributed by atoms with Crippen LogP contribution >= 0.6 is 0 Å². The lowest BCUT2D eigenvalue weighted by atomic mass is 10.1. The summed E-state index contributed by atoms with van der Waals surface area (Å²) < 4.78 is 1.26. The van der Waals surface area contributed by atoms with E-state index in [0.717, 1.165) is 19.6 Å². The summed E-state index contributed by atoms with van der Waals surface area (Å²) in [6.07, 6.45) is 1.43. The molecule has 0 unspecified atom stereocenters. The molecule has 4 rings (SSSR count). The lowest BCUT2D eigenvalue weighted by molar-refractivity contribution is 0.0628. The van der Waals surface area contributed by atoms with Gasteiger partial charge in [0, 0.05) is 46.0 Å². The fourth-order valence-corrected chi connectivity index (χ4v) is 3.49. The zero-order valence-electron chi connectivity index (χ0n) is 15.6. The quantitative estimate of drug-likeness (QED) is 0.719. The van der Waals surface area contributed by atoms with E-state index in [1.165, 1.54) is 29.4 Å². The van der Waals surface area contributed by atoms with Crippen molar-refractivity contribution in [1.29, 1.82) is 0 Å². The van der Waals surface area contributed by atoms with Crippen LogP contribution in [0.1, 0.15) is 15.9 Å². The van der Waals surface area contributed by atoms with Gasteiger partial charge in [-0.1, -0.05) is 30.3 Å². The van der Waals surface area contributed by atoms with Gasteiger partial charge in [-0.05, 0) is 11.6 Å². The monoisotopic (exact) mass is 379 g/mol. The van der Waals surface area contributed by atoms with Gasteiger partial charge in [0.15, 0.2) is 0 Å². The van der Waals surface area contributed by atoms with Gasteiger partial charge in [0.25, 0.3) is 11.5 Å². The molecule has 1 aliphatic rings. The molecule has 0 aliphatic carbocycles. The van der Waals surface area contributed by atoms with E-state index in [4.69, 9.17) is 0 Å². The van der Waals surface area contributed by atoms with Crippen molar-refractivity contribution in [1.82, 2.24) is 24.3 Å². The van der Waals surface area contributed by atoms with Crippen LogP contribution < -0.4 is 11.2 Å². The summed E-state index contributed by atoms with van der Waals surface area (Å²) in [5.74, 6) is -0.151. The van der Waals surface area contributed by atoms with E-state index in [1.807, 2.05) is 18.2 Å². The number of carbonyl (C=O) groups is 1. The Morgan fingerprint density at radius 2 is 1.82 bits per heavy atom. The summed E-state index contributed by atoms with van der Waals surface area (Å²) in [4.78, 5) is 47.1. The highest BCUT2D eigenvalue weighted by atomic mass is 16.2. The summed E-state index contributed by atoms with van der Waals surface area (Å²) >= 11 is 0. The number of hydrogen-bond acceptors (Lipinski definition) is 5. The number of aryl methyl sites for hydroxylation is 1. The lowest BCUT2D eigenvalue weighted by Crippen LogP contribution is -2.48. The van der Waals surface area contributed by atoms with E-state index in [1.54, 1.807) is 4.90 Å². The van der Waals surface area contributed by atoms with Crippen molar-refractivity contribution < 1.29 is 4.79 Å². The van der Waals surface area contributed by atoms with Crippen LogP contribution in [0.3, 0.4) is 0 Å². The first kappa shape index (κ1) is 18.1. The highest BCUT2D eigenvalue weighted by Crippen LogP contribution is 2.13. The zero-order valence-corrected chi connectivity index (χ0v) is 15.6. The average Bonchev–Trinajstić information content (AvgIpc) is 2.72. The number of pyridine rings is 1. The maximum Gasteiger partial charge on any atom is 0.329 e. The standard InChI is InChI=1S/C20H21N5O3/c1-23-17-16(18(26)22-20(23)28)11-15(12-21-17)19(27)25-9-7-24(8-10-25)13-14-5-3-2-4-6-14/h2-6,11-12H,7-10,13H2,1H3,(H,22,26,28). The second-order valence-corrected chi connectivity index (χ2v) is 6.97. The number of aromatic amines is 1. The first-order chi connectivity index (χ1) is 13.5. The Morgan fingerprint density at radius 3 is 2.54 bits per heavy atom. The summed E-state index contributed by atoms with van der Waals surface area (Å²) in [5.41, 5.74) is 0.809. The number of carbonyl (C=O) groups excluding carboxylic acids is 1. The maximum atomic E-state index is 12.9. The third-order valence-electron chi connectivity index (χ3n) is 5.11. The van der Waals surface area contributed by atoms with Gasteiger partial charge in [0.2, 0.25) is 0 Å². The Balaban J connectivity index is 1.48. The molecule has 1 aromatic carbocycles. The number of amides is 1. The fourth-order valence-electron chi connectivity index (χ4n) is 3.49. The van der Waals surface area contributed by atoms with Crippen LogP contribution in [0.15, 0.2) is 52.2 Å². The van der Waals surface area contributed by atoms with Crippen molar-refractivity contribution in [3.05, 3.63) is 74.6 Å². The number of aromatic nitrogens is 3. The summed E-state index contributed by atoms with van der Waals surface area (Å²) in [6, 6.07) is 11.8. The minimum atomic E-state index is -0.534. The first-order valence-corrected chi connectivity index (χ1v) is 9.17. The number of H-pyrrole nitrogens is 1. The molecular weight excluding hydrogens is 358 g/mol. The molecule has 28 heavy (non-hydrogen) atoms. The Bertz CT molecular complexity index is 1130. The molecule has 0 bridgehead atoms. The van der Waals surface area contributed by atoms with Gasteiger partial charge >= 0.3 is 5.69 Å². The number of piperazine rings is 1. The van der Waals surface area contributed by atoms with Crippen LogP contribution in [0, 0.1) is 0 Å². The number of nitrogens with one attached hydrogen (secondary N) is 1. The molecule has 3 aromatic rings. The van der Waals surface area contributed by atoms with E-state index in [9.17, 15) is 14.4 Å². The van der Waals surface area contributed by atoms with E-state index in [-0.39, 0.29) is 16.9 Å². The number of benzene rings is 1. The second-order valence-electron chi connectivity index (χ2n) is 6.97. The Morgan fingerprint density at radius 1 is 1.11 bits per heavy atom. The topological polar surface area (TPSA) is 91.3 Å². The van der Waals surface area contributed by atoms with Gasteiger partial charge in [-0.15, -0.1) is 0 Å². The van der Waals surface area contributed by atoms with Crippen molar-refractivity contribution in [2.45, 2.75) is 6.54 Å². The van der Waals surface area contributed by atoms with E-state index in [2.05, 4.69) is 27.0 Å². The van der Waals surface area contributed by atoms with Crippen LogP contribution in [0.4, 0.5) is 0 Å². The third kappa shape index (κ3) is 3.46. The molecule has 0 saturated carbocycles. The minimum Gasteiger partial charge on any atom is -0.336 e. The summed E-state index contributed by atoms with van der Waals surface area (Å²) in [5, 5.41) is 0.232. The molecule has 3 heterocycles. The predicted octanol–water partition coefficient (Wildman–Crippen LogP) is 0.580. The van der Waals surface area contributed by atoms with E-state index < -0.39 is 11.2 Å². The van der Waals surface area contributed by atoms with Crippen molar-refractivity contribution in [2.24, 2.45) is 7.05 Å². The van der Waals surface area contributed by atoms with Gasteiger partial charge in [-0.3, -0.25) is 24.0 Å². The molecule has 1 N–H and O–H groups in total. The van der Waals surface area contributed by atoms with Gasteiger partial charge in [0.05, 0.1) is 10.9 Å². The third-order valence-corrected chi connectivity index (χ3v) is 5.11. The number of hydrogen-bond donors (Lipinski definition) is 1. The summed E-state index contributed by atoms with van der Waals surface area (Å²) in [7, 11) is 1.53. The highest BCUT2D eigenvalue weighted by Gasteiger charge is 2.23. The van der Waals surface area contributed by atoms with Crippen LogP contribution in [0.25, 0.3) is 11.0 Å². The Hall–Kier alpha value is -3.26. The van der Waals surface area contributed by atoms with Crippen molar-refractivity contribution >= 4 is 16.9 Å². The molecule has 1 amide bonds. The maximum absolute atomic E-state index is 12.9. The van der Waals surface area contributed by atoms with Crippen molar-refractivity contribution in [3.8, 4) is 0 Å². The van der Waals surface area contributed by atoms with E-state index in [0.29, 0.717) is 18.7 Å². The number of nitrogens with zero attached hydrogens (tertiary/aromatic N) is 4. The van der Waals surface area contributed by atoms with Crippen molar-refractivity contribution in [3.63, 3.8) is 0 Å². The van der Waals surface area contributed by atoms with Crippen LogP contribution in [0.5, 0.6) is 0 Å². The molecule has 8 nitrogen and oxygen atoms in total. The van der Waals surface area contributed by atoms with Gasteiger partial charge in [0.1, 0.15) is 5.65 Å². The molecule has 1 saturated heterocycles. The largest absolute Gasteiger partial charge is 0.336 e. The second kappa shape index (κ2) is 7.40. The van der Waals surface area contributed by atoms with Crippen LogP contribution in [0.2, 0.25) is 0 Å². The van der Waals surface area contributed by atoms with Gasteiger partial charge in [-0.2, -0.15) is 0 Å².